The molecule has 0 aromatic carbocycles. The summed E-state index contributed by atoms with van der Waals surface area (Å²) in [5.74, 6) is 0.173. The van der Waals surface area contributed by atoms with E-state index >= 15 is 0 Å². The molecule has 0 aliphatic heterocycles. The molecule has 1 heterocycles. The van der Waals surface area contributed by atoms with E-state index < -0.39 is 5.95 Å². The second-order valence-corrected chi connectivity index (χ2v) is 2.84. The van der Waals surface area contributed by atoms with Gasteiger partial charge in [-0.25, -0.2) is 4.98 Å². The SMILES string of the molecule is Cc1cnc(F)c(C=CCS)c1. The van der Waals surface area contributed by atoms with Crippen LogP contribution in [0.5, 0.6) is 0 Å². The van der Waals surface area contributed by atoms with Gasteiger partial charge in [-0.15, -0.1) is 0 Å². The van der Waals surface area contributed by atoms with Gasteiger partial charge in [0.1, 0.15) is 0 Å². The molecule has 1 nitrogen and oxygen atoms in total. The van der Waals surface area contributed by atoms with Crippen LogP contribution in [0.15, 0.2) is 18.3 Å². The molecule has 0 fully saturated rings. The number of aromatic nitrogens is 1. The van der Waals surface area contributed by atoms with Crippen LogP contribution in [0.2, 0.25) is 0 Å². The molecule has 12 heavy (non-hydrogen) atoms. The first kappa shape index (κ1) is 9.26. The highest BCUT2D eigenvalue weighted by atomic mass is 32.1. The maximum atomic E-state index is 12.9. The topological polar surface area (TPSA) is 12.9 Å². The van der Waals surface area contributed by atoms with Crippen molar-refractivity contribution in [1.29, 1.82) is 0 Å². The standard InChI is InChI=1S/C9H10FNS/c1-7-5-8(3-2-4-12)9(10)11-6-7/h2-3,5-6,12H,4H2,1H3. The molecule has 0 atom stereocenters. The van der Waals surface area contributed by atoms with Crippen LogP contribution in [0.3, 0.4) is 0 Å². The van der Waals surface area contributed by atoms with Crippen LogP contribution in [-0.2, 0) is 0 Å². The van der Waals surface area contributed by atoms with Crippen molar-refractivity contribution in [2.75, 3.05) is 5.75 Å². The van der Waals surface area contributed by atoms with Crippen LogP contribution in [0.1, 0.15) is 11.1 Å². The summed E-state index contributed by atoms with van der Waals surface area (Å²) in [6.45, 7) is 1.88. The van der Waals surface area contributed by atoms with Crippen LogP contribution >= 0.6 is 12.6 Å². The molecular weight excluding hydrogens is 173 g/mol. The Hall–Kier alpha value is -0.830. The van der Waals surface area contributed by atoms with E-state index in [4.69, 9.17) is 0 Å². The molecule has 1 aromatic heterocycles. The molecule has 0 spiro atoms. The highest BCUT2D eigenvalue weighted by Crippen LogP contribution is 2.08. The number of thiol groups is 1. The molecule has 0 saturated heterocycles. The van der Waals surface area contributed by atoms with Gasteiger partial charge in [0, 0.05) is 17.5 Å². The Morgan fingerprint density at radius 3 is 3.08 bits per heavy atom. The van der Waals surface area contributed by atoms with Gasteiger partial charge in [-0.3, -0.25) is 0 Å². The van der Waals surface area contributed by atoms with Gasteiger partial charge in [0.15, 0.2) is 0 Å². The number of aryl methyl sites for hydroxylation is 1. The second-order valence-electron chi connectivity index (χ2n) is 2.48. The lowest BCUT2D eigenvalue weighted by atomic mass is 10.2. The van der Waals surface area contributed by atoms with Gasteiger partial charge in [0.2, 0.25) is 5.95 Å². The highest BCUT2D eigenvalue weighted by Gasteiger charge is 1.98. The lowest BCUT2D eigenvalue weighted by Crippen LogP contribution is -1.88. The third kappa shape index (κ3) is 2.34. The van der Waals surface area contributed by atoms with Gasteiger partial charge >= 0.3 is 0 Å². The van der Waals surface area contributed by atoms with Gasteiger partial charge in [-0.05, 0) is 18.6 Å². The summed E-state index contributed by atoms with van der Waals surface area (Å²) >= 11 is 3.98. The van der Waals surface area contributed by atoms with Crippen molar-refractivity contribution in [3.05, 3.63) is 35.4 Å². The number of rotatable bonds is 2. The third-order valence-corrected chi connectivity index (χ3v) is 1.62. The van der Waals surface area contributed by atoms with E-state index in [1.54, 1.807) is 18.2 Å². The molecule has 0 amide bonds. The van der Waals surface area contributed by atoms with Crippen molar-refractivity contribution in [2.45, 2.75) is 6.92 Å². The van der Waals surface area contributed by atoms with Crippen LogP contribution in [0.25, 0.3) is 6.08 Å². The molecule has 0 aliphatic rings. The molecule has 0 bridgehead atoms. The first-order valence-corrected chi connectivity index (χ1v) is 4.27. The fraction of sp³-hybridized carbons (Fsp3) is 0.222. The fourth-order valence-electron chi connectivity index (χ4n) is 0.872. The molecule has 1 aromatic rings. The Labute approximate surface area is 76.7 Å². The van der Waals surface area contributed by atoms with Gasteiger partial charge in [-0.1, -0.05) is 12.2 Å². The van der Waals surface area contributed by atoms with Gasteiger partial charge in [0.25, 0.3) is 0 Å². The zero-order chi connectivity index (χ0) is 8.97. The maximum absolute atomic E-state index is 12.9. The fourth-order valence-corrected chi connectivity index (χ4v) is 0.977. The molecule has 3 heteroatoms. The minimum absolute atomic E-state index is 0.432. The number of hydrogen-bond donors (Lipinski definition) is 1. The predicted octanol–water partition coefficient (Wildman–Crippen LogP) is 2.47. The van der Waals surface area contributed by atoms with E-state index in [-0.39, 0.29) is 0 Å². The van der Waals surface area contributed by atoms with E-state index in [1.807, 2.05) is 6.92 Å². The van der Waals surface area contributed by atoms with E-state index in [0.29, 0.717) is 11.3 Å². The van der Waals surface area contributed by atoms with Crippen LogP contribution < -0.4 is 0 Å². The van der Waals surface area contributed by atoms with Crippen molar-refractivity contribution in [3.8, 4) is 0 Å². The van der Waals surface area contributed by atoms with Gasteiger partial charge in [-0.2, -0.15) is 17.0 Å². The lowest BCUT2D eigenvalue weighted by molar-refractivity contribution is 0.580. The normalized spacial score (nSPS) is 10.9. The molecule has 0 radical (unpaired) electrons. The van der Waals surface area contributed by atoms with Crippen molar-refractivity contribution in [2.24, 2.45) is 0 Å². The monoisotopic (exact) mass is 183 g/mol. The summed E-state index contributed by atoms with van der Waals surface area (Å²) in [4.78, 5) is 3.59. The van der Waals surface area contributed by atoms with E-state index in [2.05, 4.69) is 17.6 Å². The summed E-state index contributed by atoms with van der Waals surface area (Å²) in [6, 6.07) is 1.75. The first-order valence-electron chi connectivity index (χ1n) is 3.63. The summed E-state index contributed by atoms with van der Waals surface area (Å²) in [6.07, 6.45) is 4.97. The largest absolute Gasteiger partial charge is 0.228 e. The molecule has 0 saturated carbocycles. The predicted molar refractivity (Wildman–Crippen MR) is 51.8 cm³/mol. The molecule has 1 rings (SSSR count). The van der Waals surface area contributed by atoms with Gasteiger partial charge in [0.05, 0.1) is 0 Å². The number of halogens is 1. The van der Waals surface area contributed by atoms with Crippen molar-refractivity contribution >= 4 is 18.7 Å². The van der Waals surface area contributed by atoms with Gasteiger partial charge < -0.3 is 0 Å². The number of pyridine rings is 1. The smallest absolute Gasteiger partial charge is 0.220 e. The van der Waals surface area contributed by atoms with Crippen LogP contribution in [-0.4, -0.2) is 10.7 Å². The van der Waals surface area contributed by atoms with Crippen molar-refractivity contribution in [1.82, 2.24) is 4.98 Å². The average Bonchev–Trinajstić information content (AvgIpc) is 2.07. The van der Waals surface area contributed by atoms with E-state index in [1.165, 1.54) is 6.20 Å². The Morgan fingerprint density at radius 1 is 1.67 bits per heavy atom. The third-order valence-electron chi connectivity index (χ3n) is 1.41. The summed E-state index contributed by atoms with van der Waals surface area (Å²) in [5, 5.41) is 0. The van der Waals surface area contributed by atoms with Crippen LogP contribution in [0, 0.1) is 12.9 Å². The Morgan fingerprint density at radius 2 is 2.42 bits per heavy atom. The molecule has 0 N–H and O–H groups in total. The zero-order valence-electron chi connectivity index (χ0n) is 6.79. The van der Waals surface area contributed by atoms with Crippen molar-refractivity contribution < 1.29 is 4.39 Å². The summed E-state index contributed by atoms with van der Waals surface area (Å²) in [5.41, 5.74) is 1.47. The average molecular weight is 183 g/mol. The maximum Gasteiger partial charge on any atom is 0.220 e. The second kappa shape index (κ2) is 4.26. The summed E-state index contributed by atoms with van der Waals surface area (Å²) < 4.78 is 12.9. The molecule has 0 aliphatic carbocycles. The minimum atomic E-state index is -0.432. The molecule has 64 valence electrons. The highest BCUT2D eigenvalue weighted by molar-refractivity contribution is 7.80. The molecular formula is C9H10FNS. The van der Waals surface area contributed by atoms with Crippen molar-refractivity contribution in [3.63, 3.8) is 0 Å². The minimum Gasteiger partial charge on any atom is -0.228 e. The quantitative estimate of drug-likeness (QED) is 0.549. The van der Waals surface area contributed by atoms with E-state index in [9.17, 15) is 4.39 Å². The number of nitrogens with zero attached hydrogens (tertiary/aromatic N) is 1. The Bertz CT molecular complexity index is 297. The van der Waals surface area contributed by atoms with Crippen LogP contribution in [0.4, 0.5) is 4.39 Å². The lowest BCUT2D eigenvalue weighted by Gasteiger charge is -1.96. The number of hydrogen-bond acceptors (Lipinski definition) is 2. The molecule has 0 unspecified atom stereocenters. The Balaban J connectivity index is 2.97. The van der Waals surface area contributed by atoms with E-state index in [0.717, 1.165) is 5.56 Å². The zero-order valence-corrected chi connectivity index (χ0v) is 7.68. The summed E-state index contributed by atoms with van der Waals surface area (Å²) in [7, 11) is 0. The first-order chi connectivity index (χ1) is 5.74. The Kier molecular flexibility index (Phi) is 3.29.